The highest BCUT2D eigenvalue weighted by atomic mass is 16.2. The Hall–Kier alpha value is -1.63. The quantitative estimate of drug-likeness (QED) is 0.504. The van der Waals surface area contributed by atoms with Crippen LogP contribution in [0.3, 0.4) is 0 Å². The molecule has 2 bridgehead atoms. The topological polar surface area (TPSA) is 61.2 Å². The third kappa shape index (κ3) is 1.03. The van der Waals surface area contributed by atoms with Crippen molar-refractivity contribution in [2.45, 2.75) is 12.8 Å². The Balaban J connectivity index is 1.86. The van der Waals surface area contributed by atoms with E-state index in [0.717, 1.165) is 6.42 Å². The van der Waals surface area contributed by atoms with Crippen molar-refractivity contribution in [1.29, 1.82) is 5.26 Å². The van der Waals surface area contributed by atoms with Crippen LogP contribution in [0.15, 0.2) is 12.2 Å². The molecule has 2 fully saturated rings. The largest absolute Gasteiger partial charge is 0.281 e. The minimum Gasteiger partial charge on any atom is -0.281 e. The zero-order valence-electron chi connectivity index (χ0n) is 8.80. The number of carbonyl (C=O) groups is 2. The van der Waals surface area contributed by atoms with Crippen LogP contribution >= 0.6 is 0 Å². The molecular weight excluding hydrogens is 204 g/mol. The SMILES string of the molecule is N#CCCN1C(=O)[C@H]2[C@H](C1=O)[C@H]1C=C[C@H]2C1. The van der Waals surface area contributed by atoms with Gasteiger partial charge in [-0.2, -0.15) is 5.26 Å². The van der Waals surface area contributed by atoms with E-state index in [1.54, 1.807) is 0 Å². The van der Waals surface area contributed by atoms with Crippen molar-refractivity contribution in [2.24, 2.45) is 23.7 Å². The number of amides is 2. The molecule has 4 heteroatoms. The van der Waals surface area contributed by atoms with Gasteiger partial charge >= 0.3 is 0 Å². The minimum atomic E-state index is -0.124. The highest BCUT2D eigenvalue weighted by Crippen LogP contribution is 2.52. The van der Waals surface area contributed by atoms with Crippen molar-refractivity contribution in [2.75, 3.05) is 6.54 Å². The molecule has 16 heavy (non-hydrogen) atoms. The summed E-state index contributed by atoms with van der Waals surface area (Å²) in [6.45, 7) is 0.264. The molecule has 3 aliphatic rings. The molecule has 0 aromatic heterocycles. The zero-order valence-corrected chi connectivity index (χ0v) is 8.80. The van der Waals surface area contributed by atoms with Gasteiger partial charge in [0.25, 0.3) is 0 Å². The van der Waals surface area contributed by atoms with Gasteiger partial charge in [-0.3, -0.25) is 14.5 Å². The second-order valence-corrected chi connectivity index (χ2v) is 4.74. The maximum atomic E-state index is 12.1. The van der Waals surface area contributed by atoms with Crippen LogP contribution in [0.5, 0.6) is 0 Å². The standard InChI is InChI=1S/C12H12N2O2/c13-4-1-5-14-11(15)9-7-2-3-8(6-7)10(9)12(14)16/h2-3,7-10H,1,5-6H2/t7-,8-,9+,10+/m0/s1. The lowest BCUT2D eigenvalue weighted by Crippen LogP contribution is -2.33. The van der Waals surface area contributed by atoms with Gasteiger partial charge in [-0.25, -0.2) is 0 Å². The average Bonchev–Trinajstić information content (AvgIpc) is 2.92. The lowest BCUT2D eigenvalue weighted by atomic mass is 9.85. The molecule has 0 aromatic rings. The van der Waals surface area contributed by atoms with Crippen LogP contribution in [-0.2, 0) is 9.59 Å². The second kappa shape index (κ2) is 3.18. The summed E-state index contributed by atoms with van der Waals surface area (Å²) in [4.78, 5) is 25.4. The van der Waals surface area contributed by atoms with Gasteiger partial charge in [0.05, 0.1) is 24.3 Å². The smallest absolute Gasteiger partial charge is 0.233 e. The average molecular weight is 216 g/mol. The van der Waals surface area contributed by atoms with Crippen LogP contribution in [0.25, 0.3) is 0 Å². The van der Waals surface area contributed by atoms with E-state index in [9.17, 15) is 9.59 Å². The fourth-order valence-corrected chi connectivity index (χ4v) is 3.35. The van der Waals surface area contributed by atoms with Crippen LogP contribution in [0.4, 0.5) is 0 Å². The molecule has 1 heterocycles. The Morgan fingerprint density at radius 1 is 1.25 bits per heavy atom. The maximum absolute atomic E-state index is 12.1. The number of nitriles is 1. The van der Waals surface area contributed by atoms with Crippen molar-refractivity contribution >= 4 is 11.8 Å². The molecule has 0 spiro atoms. The number of carbonyl (C=O) groups excluding carboxylic acids is 2. The Bertz CT molecular complexity index is 405. The lowest BCUT2D eigenvalue weighted by molar-refractivity contribution is -0.140. The summed E-state index contributed by atoms with van der Waals surface area (Å²) in [6, 6.07) is 1.98. The molecule has 0 unspecified atom stereocenters. The van der Waals surface area contributed by atoms with Gasteiger partial charge in [-0.05, 0) is 18.3 Å². The monoisotopic (exact) mass is 216 g/mol. The summed E-state index contributed by atoms with van der Waals surface area (Å²) >= 11 is 0. The molecule has 3 rings (SSSR count). The van der Waals surface area contributed by atoms with Crippen LogP contribution in [0, 0.1) is 35.0 Å². The first-order valence-corrected chi connectivity index (χ1v) is 5.64. The summed E-state index contributed by atoms with van der Waals surface area (Å²) in [7, 11) is 0. The number of rotatable bonds is 2. The van der Waals surface area contributed by atoms with Crippen molar-refractivity contribution in [3.05, 3.63) is 12.2 Å². The predicted molar refractivity (Wildman–Crippen MR) is 54.7 cm³/mol. The molecule has 0 radical (unpaired) electrons. The summed E-state index contributed by atoms with van der Waals surface area (Å²) < 4.78 is 0. The van der Waals surface area contributed by atoms with Crippen LogP contribution in [0.1, 0.15) is 12.8 Å². The van der Waals surface area contributed by atoms with Gasteiger partial charge in [-0.1, -0.05) is 12.2 Å². The fraction of sp³-hybridized carbons (Fsp3) is 0.583. The Morgan fingerprint density at radius 3 is 2.31 bits per heavy atom. The van der Waals surface area contributed by atoms with Gasteiger partial charge in [0.2, 0.25) is 11.8 Å². The van der Waals surface area contributed by atoms with Gasteiger partial charge in [0.1, 0.15) is 0 Å². The van der Waals surface area contributed by atoms with Crippen molar-refractivity contribution < 1.29 is 9.59 Å². The first-order chi connectivity index (χ1) is 7.74. The number of hydrogen-bond donors (Lipinski definition) is 0. The highest BCUT2D eigenvalue weighted by Gasteiger charge is 2.58. The molecule has 2 aliphatic carbocycles. The number of allylic oxidation sites excluding steroid dienone is 2. The van der Waals surface area contributed by atoms with E-state index in [4.69, 9.17) is 5.26 Å². The number of fused-ring (bicyclic) bond motifs is 5. The molecule has 1 aliphatic heterocycles. The van der Waals surface area contributed by atoms with E-state index in [-0.39, 0.29) is 48.5 Å². The summed E-state index contributed by atoms with van der Waals surface area (Å²) in [5.74, 6) is 0.170. The predicted octanol–water partition coefficient (Wildman–Crippen LogP) is 0.707. The van der Waals surface area contributed by atoms with E-state index < -0.39 is 0 Å². The molecule has 82 valence electrons. The van der Waals surface area contributed by atoms with Crippen molar-refractivity contribution in [3.63, 3.8) is 0 Å². The van der Waals surface area contributed by atoms with Gasteiger partial charge in [0.15, 0.2) is 0 Å². The van der Waals surface area contributed by atoms with Crippen LogP contribution < -0.4 is 0 Å². The molecule has 0 aromatic carbocycles. The number of likely N-dealkylation sites (tertiary alicyclic amines) is 1. The summed E-state index contributed by atoms with van der Waals surface area (Å²) in [5.41, 5.74) is 0. The third-order valence-electron chi connectivity index (χ3n) is 4.01. The van der Waals surface area contributed by atoms with Gasteiger partial charge in [-0.15, -0.1) is 0 Å². The third-order valence-corrected chi connectivity index (χ3v) is 4.01. The number of hydrogen-bond acceptors (Lipinski definition) is 3. The molecule has 0 N–H and O–H groups in total. The summed E-state index contributed by atoms with van der Waals surface area (Å²) in [5, 5.41) is 8.51. The molecule has 4 atom stereocenters. The molecule has 1 saturated carbocycles. The Labute approximate surface area is 93.5 Å². The van der Waals surface area contributed by atoms with Gasteiger partial charge in [0, 0.05) is 6.54 Å². The Kier molecular flexibility index (Phi) is 1.90. The molecule has 2 amide bonds. The highest BCUT2D eigenvalue weighted by molar-refractivity contribution is 6.06. The molecular formula is C12H12N2O2. The summed E-state index contributed by atoms with van der Waals surface area (Å²) in [6.07, 6.45) is 5.34. The molecule has 1 saturated heterocycles. The fourth-order valence-electron chi connectivity index (χ4n) is 3.35. The van der Waals surface area contributed by atoms with E-state index in [1.807, 2.05) is 6.07 Å². The van der Waals surface area contributed by atoms with Crippen LogP contribution in [-0.4, -0.2) is 23.3 Å². The van der Waals surface area contributed by atoms with Crippen molar-refractivity contribution in [1.82, 2.24) is 4.90 Å². The second-order valence-electron chi connectivity index (χ2n) is 4.74. The van der Waals surface area contributed by atoms with Gasteiger partial charge < -0.3 is 0 Å². The van der Waals surface area contributed by atoms with Crippen molar-refractivity contribution in [3.8, 4) is 6.07 Å². The first-order valence-electron chi connectivity index (χ1n) is 5.64. The van der Waals surface area contributed by atoms with E-state index in [2.05, 4.69) is 12.2 Å². The minimum absolute atomic E-state index is 0.0536. The maximum Gasteiger partial charge on any atom is 0.233 e. The van der Waals surface area contributed by atoms with E-state index in [1.165, 1.54) is 4.90 Å². The normalized spacial score (nSPS) is 39.3. The first kappa shape index (κ1) is 9.59. The Morgan fingerprint density at radius 2 is 1.81 bits per heavy atom. The lowest BCUT2D eigenvalue weighted by Gasteiger charge is -2.15. The van der Waals surface area contributed by atoms with E-state index in [0.29, 0.717) is 0 Å². The zero-order chi connectivity index (χ0) is 11.3. The van der Waals surface area contributed by atoms with E-state index >= 15 is 0 Å². The van der Waals surface area contributed by atoms with Crippen LogP contribution in [0.2, 0.25) is 0 Å². The number of imide groups is 1. The number of nitrogens with zero attached hydrogens (tertiary/aromatic N) is 2. The molecule has 4 nitrogen and oxygen atoms in total.